The van der Waals surface area contributed by atoms with Crippen LogP contribution in [0.2, 0.25) is 0 Å². The third-order valence-corrected chi connectivity index (χ3v) is 2.07. The first-order chi connectivity index (χ1) is 7.15. The molecule has 0 aliphatic carbocycles. The zero-order valence-corrected chi connectivity index (χ0v) is 9.36. The maximum Gasteiger partial charge on any atom is 0.327 e. The second kappa shape index (κ2) is 5.51. The summed E-state index contributed by atoms with van der Waals surface area (Å²) in [4.78, 5) is 11.6. The van der Waals surface area contributed by atoms with Gasteiger partial charge in [-0.05, 0) is 19.4 Å². The van der Waals surface area contributed by atoms with E-state index in [1.165, 1.54) is 7.11 Å². The summed E-state index contributed by atoms with van der Waals surface area (Å²) in [6, 6.07) is 9.42. The quantitative estimate of drug-likeness (QED) is 0.766. The van der Waals surface area contributed by atoms with Crippen LogP contribution in [0.25, 0.3) is 0 Å². The molecule has 1 aromatic rings. The topological polar surface area (TPSA) is 38.3 Å². The molecule has 0 bridgehead atoms. The third-order valence-electron chi connectivity index (χ3n) is 2.07. The Morgan fingerprint density at radius 2 is 1.87 bits per heavy atom. The molecule has 1 aromatic carbocycles. The Labute approximate surface area is 90.4 Å². The van der Waals surface area contributed by atoms with Crippen molar-refractivity contribution in [2.75, 3.05) is 7.11 Å². The lowest BCUT2D eigenvalue weighted by Gasteiger charge is -2.19. The molecule has 0 aliphatic heterocycles. The Hall–Kier alpha value is -1.35. The van der Waals surface area contributed by atoms with Crippen LogP contribution in [-0.2, 0) is 9.53 Å². The Bertz CT molecular complexity index is 309. The van der Waals surface area contributed by atoms with E-state index < -0.39 is 0 Å². The molecular weight excluding hydrogens is 190 g/mol. The van der Waals surface area contributed by atoms with E-state index in [0.717, 1.165) is 5.56 Å². The summed E-state index contributed by atoms with van der Waals surface area (Å²) in [6.07, 6.45) is 0. The zero-order valence-electron chi connectivity index (χ0n) is 9.36. The van der Waals surface area contributed by atoms with Gasteiger partial charge in [0.15, 0.2) is 0 Å². The highest BCUT2D eigenvalue weighted by molar-refractivity contribution is 5.77. The lowest BCUT2D eigenvalue weighted by Crippen LogP contribution is -2.34. The van der Waals surface area contributed by atoms with Crippen LogP contribution >= 0.6 is 0 Å². The first kappa shape index (κ1) is 11.7. The van der Waals surface area contributed by atoms with Gasteiger partial charge < -0.3 is 4.74 Å². The van der Waals surface area contributed by atoms with Gasteiger partial charge in [-0.1, -0.05) is 30.3 Å². The minimum Gasteiger partial charge on any atom is -0.468 e. The van der Waals surface area contributed by atoms with Crippen molar-refractivity contribution in [2.24, 2.45) is 0 Å². The van der Waals surface area contributed by atoms with E-state index >= 15 is 0 Å². The minimum absolute atomic E-state index is 0.231. The minimum atomic E-state index is -0.379. The average molecular weight is 207 g/mol. The van der Waals surface area contributed by atoms with Gasteiger partial charge in [0.25, 0.3) is 0 Å². The highest BCUT2D eigenvalue weighted by Crippen LogP contribution is 2.14. The lowest BCUT2D eigenvalue weighted by molar-refractivity contribution is -0.143. The van der Waals surface area contributed by atoms with Crippen LogP contribution in [-0.4, -0.2) is 19.1 Å². The van der Waals surface area contributed by atoms with E-state index in [1.807, 2.05) is 44.2 Å². The van der Waals surface area contributed by atoms with Crippen LogP contribution in [0.5, 0.6) is 0 Å². The second-order valence-corrected chi connectivity index (χ2v) is 3.69. The van der Waals surface area contributed by atoms with E-state index in [9.17, 15) is 4.79 Å². The van der Waals surface area contributed by atoms with Crippen molar-refractivity contribution in [3.63, 3.8) is 0 Å². The fraction of sp³-hybridized carbons (Fsp3) is 0.417. The molecule has 0 heterocycles. The van der Waals surface area contributed by atoms with Crippen molar-refractivity contribution in [3.8, 4) is 0 Å². The molecule has 0 fully saturated rings. The monoisotopic (exact) mass is 207 g/mol. The summed E-state index contributed by atoms with van der Waals surface area (Å²) >= 11 is 0. The summed E-state index contributed by atoms with van der Waals surface area (Å²) in [5, 5.41) is 3.17. The van der Waals surface area contributed by atoms with Crippen LogP contribution < -0.4 is 5.32 Å². The fourth-order valence-corrected chi connectivity index (χ4v) is 1.40. The third kappa shape index (κ3) is 3.36. The zero-order chi connectivity index (χ0) is 11.3. The number of nitrogens with one attached hydrogen (secondary N) is 1. The van der Waals surface area contributed by atoms with Crippen LogP contribution in [0.1, 0.15) is 25.5 Å². The second-order valence-electron chi connectivity index (χ2n) is 3.69. The molecule has 1 rings (SSSR count). The van der Waals surface area contributed by atoms with Gasteiger partial charge in [-0.3, -0.25) is 5.32 Å². The smallest absolute Gasteiger partial charge is 0.327 e. The predicted molar refractivity (Wildman–Crippen MR) is 59.5 cm³/mol. The maximum atomic E-state index is 11.6. The molecule has 0 amide bonds. The van der Waals surface area contributed by atoms with Gasteiger partial charge in [0.05, 0.1) is 7.11 Å². The molecule has 0 radical (unpaired) electrons. The van der Waals surface area contributed by atoms with E-state index in [4.69, 9.17) is 4.74 Å². The number of carbonyl (C=O) groups is 1. The number of hydrogen-bond acceptors (Lipinski definition) is 3. The van der Waals surface area contributed by atoms with Gasteiger partial charge in [-0.25, -0.2) is 4.79 Å². The van der Waals surface area contributed by atoms with Gasteiger partial charge in [0.1, 0.15) is 6.04 Å². The van der Waals surface area contributed by atoms with Gasteiger partial charge in [-0.15, -0.1) is 0 Å². The van der Waals surface area contributed by atoms with Crippen molar-refractivity contribution in [2.45, 2.75) is 25.9 Å². The van der Waals surface area contributed by atoms with E-state index in [0.29, 0.717) is 0 Å². The average Bonchev–Trinajstić information content (AvgIpc) is 2.26. The number of methoxy groups -OCH3 is 1. The molecule has 3 nitrogen and oxygen atoms in total. The number of esters is 1. The molecule has 1 N–H and O–H groups in total. The van der Waals surface area contributed by atoms with Crippen molar-refractivity contribution in [1.29, 1.82) is 0 Å². The summed E-state index contributed by atoms with van der Waals surface area (Å²) in [5.74, 6) is -0.255. The molecule has 1 unspecified atom stereocenters. The lowest BCUT2D eigenvalue weighted by atomic mass is 10.1. The van der Waals surface area contributed by atoms with Gasteiger partial charge in [-0.2, -0.15) is 0 Å². The Morgan fingerprint density at radius 1 is 1.27 bits per heavy atom. The first-order valence-corrected chi connectivity index (χ1v) is 5.04. The molecular formula is C12H17NO2. The molecule has 0 aliphatic rings. The summed E-state index contributed by atoms with van der Waals surface area (Å²) in [5.41, 5.74) is 0.929. The predicted octanol–water partition coefficient (Wildman–Crippen LogP) is 1.90. The number of carbonyl (C=O) groups excluding carboxylic acids is 1. The largest absolute Gasteiger partial charge is 0.468 e. The molecule has 82 valence electrons. The van der Waals surface area contributed by atoms with Crippen LogP contribution in [0.15, 0.2) is 30.3 Å². The van der Waals surface area contributed by atoms with E-state index in [-0.39, 0.29) is 18.1 Å². The molecule has 0 saturated heterocycles. The van der Waals surface area contributed by atoms with Gasteiger partial charge in [0, 0.05) is 6.04 Å². The Balaban J connectivity index is 2.86. The van der Waals surface area contributed by atoms with Crippen molar-refractivity contribution in [3.05, 3.63) is 35.9 Å². The standard InChI is InChI=1S/C12H17NO2/c1-9(2)13-11(12(14)15-3)10-7-5-4-6-8-10/h4-9,11,13H,1-3H3. The number of benzene rings is 1. The molecule has 0 spiro atoms. The maximum absolute atomic E-state index is 11.6. The van der Waals surface area contributed by atoms with Crippen LogP contribution in [0, 0.1) is 0 Å². The Morgan fingerprint density at radius 3 is 2.33 bits per heavy atom. The first-order valence-electron chi connectivity index (χ1n) is 5.04. The highest BCUT2D eigenvalue weighted by Gasteiger charge is 2.21. The van der Waals surface area contributed by atoms with Crippen molar-refractivity contribution < 1.29 is 9.53 Å². The SMILES string of the molecule is COC(=O)C(NC(C)C)c1ccccc1. The summed E-state index contributed by atoms with van der Waals surface area (Å²) in [6.45, 7) is 4.00. The van der Waals surface area contributed by atoms with Crippen molar-refractivity contribution in [1.82, 2.24) is 5.32 Å². The number of rotatable bonds is 4. The van der Waals surface area contributed by atoms with E-state index in [2.05, 4.69) is 5.32 Å². The molecule has 15 heavy (non-hydrogen) atoms. The molecule has 3 heteroatoms. The highest BCUT2D eigenvalue weighted by atomic mass is 16.5. The van der Waals surface area contributed by atoms with E-state index in [1.54, 1.807) is 0 Å². The van der Waals surface area contributed by atoms with Crippen molar-refractivity contribution >= 4 is 5.97 Å². The summed E-state index contributed by atoms with van der Waals surface area (Å²) < 4.78 is 4.77. The normalized spacial score (nSPS) is 12.5. The number of hydrogen-bond donors (Lipinski definition) is 1. The summed E-state index contributed by atoms with van der Waals surface area (Å²) in [7, 11) is 1.40. The fourth-order valence-electron chi connectivity index (χ4n) is 1.40. The molecule has 1 atom stereocenters. The van der Waals surface area contributed by atoms with Gasteiger partial charge >= 0.3 is 5.97 Å². The van der Waals surface area contributed by atoms with Gasteiger partial charge in [0.2, 0.25) is 0 Å². The number of ether oxygens (including phenoxy) is 1. The van der Waals surface area contributed by atoms with Crippen LogP contribution in [0.4, 0.5) is 0 Å². The van der Waals surface area contributed by atoms with Crippen LogP contribution in [0.3, 0.4) is 0 Å². The molecule has 0 aromatic heterocycles. The Kier molecular flexibility index (Phi) is 4.31. The molecule has 0 saturated carbocycles.